The van der Waals surface area contributed by atoms with E-state index in [0.717, 1.165) is 5.56 Å². The number of hydrogen-bond donors (Lipinski definition) is 2. The molecule has 0 aliphatic carbocycles. The Balaban J connectivity index is 2.36. The number of carboxylic acid groups (broad SMARTS) is 1. The van der Waals surface area contributed by atoms with Crippen molar-refractivity contribution >= 4 is 11.9 Å². The molecule has 9 heteroatoms. The second-order valence-electron chi connectivity index (χ2n) is 5.47. The fourth-order valence-corrected chi connectivity index (χ4v) is 2.51. The summed E-state index contributed by atoms with van der Waals surface area (Å²) in [5.41, 5.74) is 1.55. The number of aliphatic carboxylic acids is 1. The van der Waals surface area contributed by atoms with Crippen LogP contribution in [0.3, 0.4) is 0 Å². The Morgan fingerprint density at radius 3 is 2.36 bits per heavy atom. The molecule has 0 radical (unpaired) electrons. The Hall–Kier alpha value is -2.84. The molecule has 0 fully saturated rings. The molecule has 0 saturated heterocycles. The molecule has 2 aromatic rings. The minimum absolute atomic E-state index is 0.0426. The number of rotatable bonds is 5. The molecule has 0 spiro atoms. The van der Waals surface area contributed by atoms with Crippen molar-refractivity contribution in [1.82, 2.24) is 15.1 Å². The maximum Gasteiger partial charge on any atom is 0.471 e. The van der Waals surface area contributed by atoms with E-state index < -0.39 is 24.1 Å². The molecule has 1 aromatic heterocycles. The summed E-state index contributed by atoms with van der Waals surface area (Å²) in [5.74, 6) is -3.91. The Morgan fingerprint density at radius 1 is 1.24 bits per heavy atom. The standard InChI is InChI=1S/C16H16F3N3O3/c1-9-12(13(14(23)24)20-15(25)16(17,18)19)10(2)22(21-9)8-11-6-4-3-5-7-11/h3-7,13H,8H2,1-2H3,(H,20,25)(H,23,24). The molecule has 2 N–H and O–H groups in total. The van der Waals surface area contributed by atoms with Crippen molar-refractivity contribution in [2.24, 2.45) is 0 Å². The molecule has 1 unspecified atom stereocenters. The number of benzene rings is 1. The topological polar surface area (TPSA) is 84.2 Å². The molecule has 6 nitrogen and oxygen atoms in total. The minimum atomic E-state index is -5.17. The van der Waals surface area contributed by atoms with Gasteiger partial charge in [-0.05, 0) is 19.4 Å². The Kier molecular flexibility index (Phi) is 5.15. The molecule has 2 rings (SSSR count). The van der Waals surface area contributed by atoms with Gasteiger partial charge in [0, 0.05) is 11.3 Å². The molecule has 0 bridgehead atoms. The summed E-state index contributed by atoms with van der Waals surface area (Å²) in [6, 6.07) is 7.34. The van der Waals surface area contributed by atoms with Gasteiger partial charge in [-0.2, -0.15) is 18.3 Å². The van der Waals surface area contributed by atoms with Gasteiger partial charge >= 0.3 is 18.1 Å². The molecule has 0 aliphatic rings. The second-order valence-corrected chi connectivity index (χ2v) is 5.47. The van der Waals surface area contributed by atoms with E-state index in [1.54, 1.807) is 6.92 Å². The van der Waals surface area contributed by atoms with Gasteiger partial charge < -0.3 is 10.4 Å². The molecule has 1 atom stereocenters. The Labute approximate surface area is 141 Å². The zero-order chi connectivity index (χ0) is 18.8. The van der Waals surface area contributed by atoms with Crippen LogP contribution in [0.1, 0.15) is 28.6 Å². The van der Waals surface area contributed by atoms with Gasteiger partial charge in [0.2, 0.25) is 0 Å². The van der Waals surface area contributed by atoms with E-state index in [-0.39, 0.29) is 11.3 Å². The summed E-state index contributed by atoms with van der Waals surface area (Å²) in [5, 5.41) is 15.0. The van der Waals surface area contributed by atoms with Crippen molar-refractivity contribution < 1.29 is 27.9 Å². The van der Waals surface area contributed by atoms with E-state index in [1.165, 1.54) is 16.9 Å². The van der Waals surface area contributed by atoms with Crippen LogP contribution >= 0.6 is 0 Å². The van der Waals surface area contributed by atoms with Crippen molar-refractivity contribution in [1.29, 1.82) is 0 Å². The Bertz CT molecular complexity index is 785. The molecule has 1 heterocycles. The number of nitrogens with zero attached hydrogens (tertiary/aromatic N) is 2. The number of amides is 1. The van der Waals surface area contributed by atoms with E-state index in [1.807, 2.05) is 30.3 Å². The molecule has 1 amide bonds. The van der Waals surface area contributed by atoms with Crippen molar-refractivity contribution in [2.45, 2.75) is 32.6 Å². The highest BCUT2D eigenvalue weighted by Crippen LogP contribution is 2.25. The van der Waals surface area contributed by atoms with Gasteiger partial charge in [-0.1, -0.05) is 30.3 Å². The van der Waals surface area contributed by atoms with Crippen molar-refractivity contribution in [3.63, 3.8) is 0 Å². The van der Waals surface area contributed by atoms with Crippen molar-refractivity contribution in [2.75, 3.05) is 0 Å². The SMILES string of the molecule is Cc1nn(Cc2ccccc2)c(C)c1C(NC(=O)C(F)(F)F)C(=O)O. The number of hydrogen-bond acceptors (Lipinski definition) is 3. The smallest absolute Gasteiger partial charge is 0.471 e. The zero-order valence-electron chi connectivity index (χ0n) is 13.5. The molecular formula is C16H16F3N3O3. The number of carbonyl (C=O) groups excluding carboxylic acids is 1. The van der Waals surface area contributed by atoms with Gasteiger partial charge in [0.05, 0.1) is 12.2 Å². The third-order valence-corrected chi connectivity index (χ3v) is 3.68. The van der Waals surface area contributed by atoms with Crippen LogP contribution in [-0.4, -0.2) is 32.9 Å². The van der Waals surface area contributed by atoms with Gasteiger partial charge in [-0.25, -0.2) is 4.79 Å². The van der Waals surface area contributed by atoms with E-state index in [2.05, 4.69) is 5.10 Å². The highest BCUT2D eigenvalue weighted by Gasteiger charge is 2.42. The normalized spacial score (nSPS) is 12.7. The summed E-state index contributed by atoms with van der Waals surface area (Å²) in [6.45, 7) is 3.36. The first-order valence-corrected chi connectivity index (χ1v) is 7.29. The number of aromatic nitrogens is 2. The van der Waals surface area contributed by atoms with E-state index in [0.29, 0.717) is 12.2 Å². The zero-order valence-corrected chi connectivity index (χ0v) is 13.5. The largest absolute Gasteiger partial charge is 0.479 e. The molecule has 25 heavy (non-hydrogen) atoms. The number of halogens is 3. The van der Waals surface area contributed by atoms with Crippen molar-refractivity contribution in [3.8, 4) is 0 Å². The first-order valence-electron chi connectivity index (χ1n) is 7.29. The predicted octanol–water partition coefficient (Wildman–Crippen LogP) is 2.35. The summed E-state index contributed by atoms with van der Waals surface area (Å²) < 4.78 is 38.9. The lowest BCUT2D eigenvalue weighted by Gasteiger charge is -2.16. The van der Waals surface area contributed by atoms with Gasteiger partial charge in [-0.15, -0.1) is 0 Å². The molecule has 0 aliphatic heterocycles. The fourth-order valence-electron chi connectivity index (χ4n) is 2.51. The van der Waals surface area contributed by atoms with Crippen LogP contribution in [0.2, 0.25) is 0 Å². The molecule has 134 valence electrons. The number of aryl methyl sites for hydroxylation is 1. The number of alkyl halides is 3. The number of carboxylic acids is 1. The van der Waals surface area contributed by atoms with E-state index >= 15 is 0 Å². The monoisotopic (exact) mass is 355 g/mol. The van der Waals surface area contributed by atoms with Crippen LogP contribution in [0.5, 0.6) is 0 Å². The number of carbonyl (C=O) groups is 2. The first kappa shape index (κ1) is 18.5. The van der Waals surface area contributed by atoms with Gasteiger partial charge in [0.25, 0.3) is 0 Å². The van der Waals surface area contributed by atoms with Crippen LogP contribution in [0.25, 0.3) is 0 Å². The predicted molar refractivity (Wildman–Crippen MR) is 81.8 cm³/mol. The molecule has 1 aromatic carbocycles. The van der Waals surface area contributed by atoms with Gasteiger partial charge in [0.1, 0.15) is 0 Å². The van der Waals surface area contributed by atoms with Crippen molar-refractivity contribution in [3.05, 3.63) is 52.8 Å². The van der Waals surface area contributed by atoms with Gasteiger partial charge in [-0.3, -0.25) is 9.48 Å². The lowest BCUT2D eigenvalue weighted by Crippen LogP contribution is -2.42. The first-order chi connectivity index (χ1) is 11.6. The second kappa shape index (κ2) is 6.96. The maximum atomic E-state index is 12.5. The maximum absolute atomic E-state index is 12.5. The lowest BCUT2D eigenvalue weighted by atomic mass is 10.0. The van der Waals surface area contributed by atoms with Crippen LogP contribution in [-0.2, 0) is 16.1 Å². The quantitative estimate of drug-likeness (QED) is 0.862. The van der Waals surface area contributed by atoms with E-state index in [4.69, 9.17) is 0 Å². The average molecular weight is 355 g/mol. The summed E-state index contributed by atoms with van der Waals surface area (Å²) >= 11 is 0. The third kappa shape index (κ3) is 4.17. The lowest BCUT2D eigenvalue weighted by molar-refractivity contribution is -0.175. The summed E-state index contributed by atoms with van der Waals surface area (Å²) in [7, 11) is 0. The van der Waals surface area contributed by atoms with E-state index in [9.17, 15) is 27.9 Å². The fraction of sp³-hybridized carbons (Fsp3) is 0.312. The van der Waals surface area contributed by atoms with Gasteiger partial charge in [0.15, 0.2) is 6.04 Å². The Morgan fingerprint density at radius 2 is 1.84 bits per heavy atom. The molecular weight excluding hydrogens is 339 g/mol. The van der Waals surface area contributed by atoms with Crippen LogP contribution in [0.4, 0.5) is 13.2 Å². The highest BCUT2D eigenvalue weighted by atomic mass is 19.4. The van der Waals surface area contributed by atoms with Crippen LogP contribution in [0, 0.1) is 13.8 Å². The average Bonchev–Trinajstić information content (AvgIpc) is 2.79. The van der Waals surface area contributed by atoms with Crippen LogP contribution in [0.15, 0.2) is 30.3 Å². The third-order valence-electron chi connectivity index (χ3n) is 3.68. The summed E-state index contributed by atoms with van der Waals surface area (Å²) in [6.07, 6.45) is -5.17. The van der Waals surface area contributed by atoms with Crippen LogP contribution < -0.4 is 5.32 Å². The summed E-state index contributed by atoms with van der Waals surface area (Å²) in [4.78, 5) is 22.6. The molecule has 0 saturated carbocycles. The minimum Gasteiger partial charge on any atom is -0.479 e. The number of nitrogens with one attached hydrogen (secondary N) is 1. The highest BCUT2D eigenvalue weighted by molar-refractivity contribution is 5.88.